The summed E-state index contributed by atoms with van der Waals surface area (Å²) in [6.45, 7) is 8.17. The summed E-state index contributed by atoms with van der Waals surface area (Å²) in [5, 5.41) is 5.15. The molecule has 3 aromatic rings. The second-order valence-corrected chi connectivity index (χ2v) is 9.57. The van der Waals surface area contributed by atoms with Crippen molar-refractivity contribution < 1.29 is 13.7 Å². The van der Waals surface area contributed by atoms with Gasteiger partial charge in [0.1, 0.15) is 17.7 Å². The van der Waals surface area contributed by atoms with Crippen LogP contribution in [0.4, 0.5) is 4.39 Å². The Hall–Kier alpha value is -2.58. The van der Waals surface area contributed by atoms with E-state index in [9.17, 15) is 9.18 Å². The van der Waals surface area contributed by atoms with Crippen LogP contribution >= 0.6 is 0 Å². The lowest BCUT2D eigenvalue weighted by molar-refractivity contribution is 0.0265. The highest BCUT2D eigenvalue weighted by molar-refractivity contribution is 5.79. The van der Waals surface area contributed by atoms with Crippen molar-refractivity contribution in [1.29, 1.82) is 0 Å². The molecule has 1 atom stereocenters. The standard InChI is InChI=1S/C26H33FN4O3/c1-3-15-33-22-5-4-11-31-25(22)28-17(2)20(26(31)32)10-14-30-12-8-18(9-13-30)24-21-7-6-19(27)16-23(21)34-29-24/h6-7,16,18,22H,3-5,8-15H2,1-2H3. The summed E-state index contributed by atoms with van der Waals surface area (Å²) >= 11 is 0. The van der Waals surface area contributed by atoms with Crippen LogP contribution in [-0.4, -0.2) is 45.8 Å². The van der Waals surface area contributed by atoms with Gasteiger partial charge in [0, 0.05) is 48.3 Å². The number of aromatic nitrogens is 3. The molecule has 0 saturated carbocycles. The molecule has 0 spiro atoms. The molecule has 0 bridgehead atoms. The van der Waals surface area contributed by atoms with Gasteiger partial charge < -0.3 is 14.2 Å². The van der Waals surface area contributed by atoms with Gasteiger partial charge in [0.05, 0.1) is 5.69 Å². The first-order valence-electron chi connectivity index (χ1n) is 12.5. The van der Waals surface area contributed by atoms with E-state index in [0.29, 0.717) is 24.5 Å². The third kappa shape index (κ3) is 4.53. The highest BCUT2D eigenvalue weighted by Crippen LogP contribution is 2.33. The third-order valence-corrected chi connectivity index (χ3v) is 7.27. The maximum absolute atomic E-state index is 13.5. The van der Waals surface area contributed by atoms with E-state index in [2.05, 4.69) is 17.0 Å². The first kappa shape index (κ1) is 23.2. The first-order valence-corrected chi connectivity index (χ1v) is 12.5. The van der Waals surface area contributed by atoms with E-state index in [0.717, 1.165) is 86.4 Å². The maximum Gasteiger partial charge on any atom is 0.257 e. The first-order chi connectivity index (χ1) is 16.5. The normalized spacial score (nSPS) is 19.6. The maximum atomic E-state index is 13.5. The van der Waals surface area contributed by atoms with Crippen LogP contribution in [0, 0.1) is 12.7 Å². The van der Waals surface area contributed by atoms with E-state index in [4.69, 9.17) is 14.2 Å². The molecule has 2 aromatic heterocycles. The van der Waals surface area contributed by atoms with E-state index in [1.165, 1.54) is 12.1 Å². The fraction of sp³-hybridized carbons (Fsp3) is 0.577. The molecule has 5 rings (SSSR count). The predicted octanol–water partition coefficient (Wildman–Crippen LogP) is 4.52. The van der Waals surface area contributed by atoms with Crippen molar-refractivity contribution in [2.45, 2.75) is 70.9 Å². The molecule has 182 valence electrons. The Labute approximate surface area is 198 Å². The molecular formula is C26H33FN4O3. The van der Waals surface area contributed by atoms with Gasteiger partial charge in [0.15, 0.2) is 5.58 Å². The molecule has 0 N–H and O–H groups in total. The number of fused-ring (bicyclic) bond motifs is 2. The number of halogens is 1. The van der Waals surface area contributed by atoms with Crippen molar-refractivity contribution in [2.24, 2.45) is 0 Å². The average Bonchev–Trinajstić information content (AvgIpc) is 3.26. The highest BCUT2D eigenvalue weighted by Gasteiger charge is 2.27. The summed E-state index contributed by atoms with van der Waals surface area (Å²) in [5.74, 6) is 0.796. The second-order valence-electron chi connectivity index (χ2n) is 9.57. The molecule has 1 aromatic carbocycles. The minimum Gasteiger partial charge on any atom is -0.370 e. The van der Waals surface area contributed by atoms with Crippen molar-refractivity contribution in [1.82, 2.24) is 19.6 Å². The van der Waals surface area contributed by atoms with E-state index >= 15 is 0 Å². The van der Waals surface area contributed by atoms with Crippen molar-refractivity contribution in [3.05, 3.63) is 57.1 Å². The van der Waals surface area contributed by atoms with Gasteiger partial charge in [-0.1, -0.05) is 12.1 Å². The largest absolute Gasteiger partial charge is 0.370 e. The smallest absolute Gasteiger partial charge is 0.257 e. The molecule has 4 heterocycles. The molecule has 2 aliphatic heterocycles. The van der Waals surface area contributed by atoms with Crippen molar-refractivity contribution >= 4 is 11.0 Å². The lowest BCUT2D eigenvalue weighted by atomic mass is 9.91. The molecule has 0 aliphatic carbocycles. The second kappa shape index (κ2) is 9.96. The number of aryl methyl sites for hydroxylation is 1. The van der Waals surface area contributed by atoms with Gasteiger partial charge in [0.2, 0.25) is 0 Å². The monoisotopic (exact) mass is 468 g/mol. The van der Waals surface area contributed by atoms with E-state index < -0.39 is 0 Å². The van der Waals surface area contributed by atoms with Gasteiger partial charge in [-0.15, -0.1) is 0 Å². The van der Waals surface area contributed by atoms with E-state index in [-0.39, 0.29) is 17.5 Å². The summed E-state index contributed by atoms with van der Waals surface area (Å²) in [4.78, 5) is 20.5. The Bertz CT molecular complexity index is 1210. The van der Waals surface area contributed by atoms with Crippen molar-refractivity contribution in [2.75, 3.05) is 26.2 Å². The van der Waals surface area contributed by atoms with Crippen LogP contribution in [0.1, 0.15) is 73.8 Å². The Balaban J connectivity index is 1.23. The molecule has 1 saturated heterocycles. The van der Waals surface area contributed by atoms with Gasteiger partial charge in [-0.3, -0.25) is 9.36 Å². The van der Waals surface area contributed by atoms with Crippen LogP contribution in [0.15, 0.2) is 27.5 Å². The summed E-state index contributed by atoms with van der Waals surface area (Å²) < 4.78 is 26.6. The molecule has 2 aliphatic rings. The summed E-state index contributed by atoms with van der Waals surface area (Å²) in [6, 6.07) is 4.62. The van der Waals surface area contributed by atoms with Crippen LogP contribution in [0.25, 0.3) is 11.0 Å². The molecule has 0 radical (unpaired) electrons. The number of ether oxygens (including phenoxy) is 1. The van der Waals surface area contributed by atoms with Gasteiger partial charge in [-0.25, -0.2) is 9.37 Å². The zero-order valence-electron chi connectivity index (χ0n) is 20.1. The van der Waals surface area contributed by atoms with Crippen LogP contribution in [0.2, 0.25) is 0 Å². The van der Waals surface area contributed by atoms with E-state index in [1.54, 1.807) is 6.07 Å². The quantitative estimate of drug-likeness (QED) is 0.508. The third-order valence-electron chi connectivity index (χ3n) is 7.27. The molecule has 0 amide bonds. The van der Waals surface area contributed by atoms with Crippen molar-refractivity contribution in [3.63, 3.8) is 0 Å². The van der Waals surface area contributed by atoms with Gasteiger partial charge in [-0.05, 0) is 70.7 Å². The number of benzene rings is 1. The molecule has 1 unspecified atom stereocenters. The molecule has 34 heavy (non-hydrogen) atoms. The Kier molecular flexibility index (Phi) is 6.79. The van der Waals surface area contributed by atoms with Gasteiger partial charge >= 0.3 is 0 Å². The molecule has 1 fully saturated rings. The van der Waals surface area contributed by atoms with Gasteiger partial charge in [-0.2, -0.15) is 0 Å². The van der Waals surface area contributed by atoms with Gasteiger partial charge in [0.25, 0.3) is 5.56 Å². The number of likely N-dealkylation sites (tertiary alicyclic amines) is 1. The van der Waals surface area contributed by atoms with Crippen LogP contribution in [-0.2, 0) is 17.7 Å². The topological polar surface area (TPSA) is 73.4 Å². The van der Waals surface area contributed by atoms with Crippen LogP contribution in [0.3, 0.4) is 0 Å². The van der Waals surface area contributed by atoms with Crippen LogP contribution < -0.4 is 5.56 Å². The molecule has 8 heteroatoms. The minimum atomic E-state index is -0.308. The SMILES string of the molecule is CCCOC1CCCn2c1nc(C)c(CCN1CCC(c3noc4cc(F)ccc34)CC1)c2=O. The fourth-order valence-electron chi connectivity index (χ4n) is 5.38. The van der Waals surface area contributed by atoms with Crippen LogP contribution in [0.5, 0.6) is 0 Å². The zero-order chi connectivity index (χ0) is 23.7. The summed E-state index contributed by atoms with van der Waals surface area (Å²) in [6.07, 6.45) is 5.40. The number of nitrogens with zero attached hydrogens (tertiary/aromatic N) is 4. The minimum absolute atomic E-state index is 0.0720. The van der Waals surface area contributed by atoms with E-state index in [1.807, 2.05) is 11.5 Å². The zero-order valence-corrected chi connectivity index (χ0v) is 20.1. The fourth-order valence-corrected chi connectivity index (χ4v) is 5.38. The molecular weight excluding hydrogens is 435 g/mol. The number of hydrogen-bond donors (Lipinski definition) is 0. The lowest BCUT2D eigenvalue weighted by Gasteiger charge is -2.31. The Morgan fingerprint density at radius 3 is 2.82 bits per heavy atom. The number of piperidine rings is 1. The number of rotatable bonds is 7. The molecule has 7 nitrogen and oxygen atoms in total. The Morgan fingerprint density at radius 2 is 2.03 bits per heavy atom. The van der Waals surface area contributed by atoms with Crippen molar-refractivity contribution in [3.8, 4) is 0 Å². The lowest BCUT2D eigenvalue weighted by Crippen LogP contribution is -2.38. The number of hydrogen-bond acceptors (Lipinski definition) is 6. The Morgan fingerprint density at radius 1 is 1.21 bits per heavy atom. The predicted molar refractivity (Wildman–Crippen MR) is 128 cm³/mol. The highest BCUT2D eigenvalue weighted by atomic mass is 19.1. The average molecular weight is 469 g/mol. The summed E-state index contributed by atoms with van der Waals surface area (Å²) in [7, 11) is 0. The summed E-state index contributed by atoms with van der Waals surface area (Å²) in [5.41, 5.74) is 3.20.